The molecule has 0 aromatic rings. The van der Waals surface area contributed by atoms with Gasteiger partial charge in [0.1, 0.15) is 13.2 Å². The number of unbranched alkanes of at least 4 members (excludes halogenated alkanes) is 15. The second kappa shape index (κ2) is 61.6. The van der Waals surface area contributed by atoms with Crippen molar-refractivity contribution in [1.29, 1.82) is 0 Å². The normalized spacial score (nSPS) is 13.3. The van der Waals surface area contributed by atoms with Crippen molar-refractivity contribution in [3.8, 4) is 0 Å². The fourth-order valence-corrected chi connectivity index (χ4v) is 7.57. The fourth-order valence-electron chi connectivity index (χ4n) is 7.57. The minimum atomic E-state index is -0.813. The van der Waals surface area contributed by atoms with E-state index in [1.165, 1.54) is 19.3 Å². The lowest BCUT2D eigenvalue weighted by Gasteiger charge is -2.18. The third-order valence-corrected chi connectivity index (χ3v) is 12.0. The summed E-state index contributed by atoms with van der Waals surface area (Å²) in [6, 6.07) is 0. The standard InChI is InChI=1S/C69H108O6/c1-4-7-10-13-16-19-22-25-26-27-28-29-30-31-32-33-34-35-36-37-38-39-40-41-42-45-47-50-53-56-59-62-68(71)74-65-66(75-69(72)63-60-57-54-51-48-44-24-21-18-15-12-9-6-3)64-73-67(70)61-58-55-52-49-46-43-23-20-17-14-11-8-5-2/h7,9-12,14,16,18-21,23,25-26,28-29,31-32,34-35,37-38,40-41,44,48,66H,4-6,8,13,15,17,22,24,27,30,33,36,39,42-43,45-47,49-65H2,1-3H3/b10-7-,12-9-,14-11-,19-16-,21-18-,23-20-,26-25-,29-28-,32-31-,35-34-,38-37-,41-40-,48-44-. The molecule has 0 aliphatic heterocycles. The number of esters is 3. The summed E-state index contributed by atoms with van der Waals surface area (Å²) in [7, 11) is 0. The Hall–Kier alpha value is -4.97. The molecule has 0 saturated carbocycles. The molecule has 0 spiro atoms. The number of carbonyl (C=O) groups excluding carboxylic acids is 3. The summed E-state index contributed by atoms with van der Waals surface area (Å²) < 4.78 is 16.8. The van der Waals surface area contributed by atoms with Crippen LogP contribution in [0.1, 0.15) is 239 Å². The molecule has 75 heavy (non-hydrogen) atoms. The Morgan fingerprint density at radius 3 is 0.827 bits per heavy atom. The Kier molecular flexibility index (Phi) is 57.5. The summed E-state index contributed by atoms with van der Waals surface area (Å²) in [5.74, 6) is -0.974. The van der Waals surface area contributed by atoms with Gasteiger partial charge in [-0.2, -0.15) is 0 Å². The average Bonchev–Trinajstić information content (AvgIpc) is 3.41. The number of rotatable bonds is 52. The van der Waals surface area contributed by atoms with E-state index in [1.54, 1.807) is 0 Å². The maximum absolute atomic E-state index is 12.8. The minimum absolute atomic E-state index is 0.108. The molecule has 0 saturated heterocycles. The number of hydrogen-bond acceptors (Lipinski definition) is 6. The molecule has 0 bridgehead atoms. The van der Waals surface area contributed by atoms with Crippen molar-refractivity contribution in [3.05, 3.63) is 158 Å². The molecular formula is C69H108O6. The molecule has 1 unspecified atom stereocenters. The van der Waals surface area contributed by atoms with E-state index in [0.29, 0.717) is 12.8 Å². The van der Waals surface area contributed by atoms with Crippen molar-refractivity contribution in [3.63, 3.8) is 0 Å². The summed E-state index contributed by atoms with van der Waals surface area (Å²) in [6.07, 6.45) is 89.6. The second-order valence-corrected chi connectivity index (χ2v) is 19.1. The van der Waals surface area contributed by atoms with Crippen molar-refractivity contribution in [2.75, 3.05) is 13.2 Å². The number of hydrogen-bond donors (Lipinski definition) is 0. The van der Waals surface area contributed by atoms with Gasteiger partial charge in [-0.25, -0.2) is 0 Å². The van der Waals surface area contributed by atoms with Gasteiger partial charge in [-0.1, -0.05) is 237 Å². The highest BCUT2D eigenvalue weighted by atomic mass is 16.6. The van der Waals surface area contributed by atoms with Crippen LogP contribution in [0.3, 0.4) is 0 Å². The van der Waals surface area contributed by atoms with Crippen LogP contribution in [0.15, 0.2) is 158 Å². The van der Waals surface area contributed by atoms with Crippen molar-refractivity contribution in [2.24, 2.45) is 0 Å². The smallest absolute Gasteiger partial charge is 0.306 e. The van der Waals surface area contributed by atoms with E-state index in [4.69, 9.17) is 14.2 Å². The molecule has 0 fully saturated rings. The van der Waals surface area contributed by atoms with Crippen LogP contribution in [0.5, 0.6) is 0 Å². The third-order valence-electron chi connectivity index (χ3n) is 12.0. The molecule has 1 atom stereocenters. The van der Waals surface area contributed by atoms with Gasteiger partial charge < -0.3 is 14.2 Å². The van der Waals surface area contributed by atoms with Crippen LogP contribution in [0.4, 0.5) is 0 Å². The summed E-state index contributed by atoms with van der Waals surface area (Å²) in [4.78, 5) is 38.1. The summed E-state index contributed by atoms with van der Waals surface area (Å²) >= 11 is 0. The molecule has 0 N–H and O–H groups in total. The molecule has 0 rings (SSSR count). The lowest BCUT2D eigenvalue weighted by Crippen LogP contribution is -2.30. The summed E-state index contributed by atoms with van der Waals surface area (Å²) in [5.41, 5.74) is 0. The molecule has 0 aromatic heterocycles. The predicted molar refractivity (Wildman–Crippen MR) is 325 cm³/mol. The molecule has 6 nitrogen and oxygen atoms in total. The van der Waals surface area contributed by atoms with Gasteiger partial charge >= 0.3 is 17.9 Å². The first-order chi connectivity index (χ1) is 37.0. The zero-order valence-electron chi connectivity index (χ0n) is 48.0. The van der Waals surface area contributed by atoms with Crippen molar-refractivity contribution in [2.45, 2.75) is 245 Å². The molecule has 0 amide bonds. The van der Waals surface area contributed by atoms with Crippen LogP contribution in [0.25, 0.3) is 0 Å². The van der Waals surface area contributed by atoms with Gasteiger partial charge in [0.15, 0.2) is 6.10 Å². The van der Waals surface area contributed by atoms with Crippen LogP contribution >= 0.6 is 0 Å². The molecule has 420 valence electrons. The van der Waals surface area contributed by atoms with E-state index in [9.17, 15) is 14.4 Å². The lowest BCUT2D eigenvalue weighted by atomic mass is 10.1. The molecule has 6 heteroatoms. The third kappa shape index (κ3) is 59.8. The average molecular weight is 1030 g/mol. The quantitative estimate of drug-likeness (QED) is 0.0261. The van der Waals surface area contributed by atoms with Gasteiger partial charge in [0.25, 0.3) is 0 Å². The number of allylic oxidation sites excluding steroid dienone is 26. The lowest BCUT2D eigenvalue weighted by molar-refractivity contribution is -0.167. The minimum Gasteiger partial charge on any atom is -0.462 e. The molecule has 0 aromatic carbocycles. The maximum atomic E-state index is 12.8. The Bertz CT molecular complexity index is 1710. The zero-order valence-corrected chi connectivity index (χ0v) is 48.0. The highest BCUT2D eigenvalue weighted by molar-refractivity contribution is 5.71. The monoisotopic (exact) mass is 1030 g/mol. The summed E-state index contributed by atoms with van der Waals surface area (Å²) in [6.45, 7) is 6.28. The molecule has 0 radical (unpaired) electrons. The Labute approximate surface area is 460 Å². The van der Waals surface area contributed by atoms with E-state index in [1.807, 2.05) is 0 Å². The Morgan fingerprint density at radius 1 is 0.280 bits per heavy atom. The first-order valence-corrected chi connectivity index (χ1v) is 30.0. The van der Waals surface area contributed by atoms with Gasteiger partial charge in [0.2, 0.25) is 0 Å². The SMILES string of the molecule is CC/C=C\C/C=C\C/C=C\C/C=C\C/C=C\C/C=C\C/C=C\C/C=C\CCCCCCCCC(=O)OCC(COC(=O)CCCCCCC/C=C\C/C=C\CCC)OC(=O)CCCCC/C=C\C/C=C\C/C=C\CC. The highest BCUT2D eigenvalue weighted by Gasteiger charge is 2.19. The first kappa shape index (κ1) is 70.0. The second-order valence-electron chi connectivity index (χ2n) is 19.1. The van der Waals surface area contributed by atoms with Crippen molar-refractivity contribution >= 4 is 17.9 Å². The van der Waals surface area contributed by atoms with Crippen molar-refractivity contribution < 1.29 is 28.6 Å². The Balaban J connectivity index is 4.34. The van der Waals surface area contributed by atoms with Crippen molar-refractivity contribution in [1.82, 2.24) is 0 Å². The first-order valence-electron chi connectivity index (χ1n) is 30.0. The Morgan fingerprint density at radius 2 is 0.520 bits per heavy atom. The van der Waals surface area contributed by atoms with E-state index in [2.05, 4.69) is 179 Å². The molecule has 0 aliphatic carbocycles. The maximum Gasteiger partial charge on any atom is 0.306 e. The van der Waals surface area contributed by atoms with Crippen LogP contribution in [0.2, 0.25) is 0 Å². The predicted octanol–water partition coefficient (Wildman–Crippen LogP) is 20.5. The van der Waals surface area contributed by atoms with Gasteiger partial charge in [-0.3, -0.25) is 14.4 Å². The van der Waals surface area contributed by atoms with E-state index in [-0.39, 0.29) is 37.5 Å². The van der Waals surface area contributed by atoms with E-state index in [0.717, 1.165) is 180 Å². The number of carbonyl (C=O) groups is 3. The van der Waals surface area contributed by atoms with Gasteiger partial charge in [0.05, 0.1) is 0 Å². The zero-order chi connectivity index (χ0) is 54.3. The van der Waals surface area contributed by atoms with E-state index < -0.39 is 6.10 Å². The van der Waals surface area contributed by atoms with Gasteiger partial charge in [-0.05, 0) is 141 Å². The van der Waals surface area contributed by atoms with Crippen LogP contribution in [0, 0.1) is 0 Å². The fraction of sp³-hybridized carbons (Fsp3) is 0.580. The van der Waals surface area contributed by atoms with Crippen LogP contribution in [-0.2, 0) is 28.6 Å². The topological polar surface area (TPSA) is 78.9 Å². The largest absolute Gasteiger partial charge is 0.462 e. The number of ether oxygens (including phenoxy) is 3. The highest BCUT2D eigenvalue weighted by Crippen LogP contribution is 2.13. The molecular weight excluding hydrogens is 925 g/mol. The van der Waals surface area contributed by atoms with Crippen LogP contribution in [-0.4, -0.2) is 37.2 Å². The van der Waals surface area contributed by atoms with Gasteiger partial charge in [-0.15, -0.1) is 0 Å². The molecule has 0 aliphatic rings. The van der Waals surface area contributed by atoms with E-state index >= 15 is 0 Å². The molecule has 0 heterocycles. The van der Waals surface area contributed by atoms with Crippen LogP contribution < -0.4 is 0 Å². The summed E-state index contributed by atoms with van der Waals surface area (Å²) in [5, 5.41) is 0. The van der Waals surface area contributed by atoms with Gasteiger partial charge in [0, 0.05) is 19.3 Å².